The van der Waals surface area contributed by atoms with Gasteiger partial charge in [-0.1, -0.05) is 32.9 Å². The summed E-state index contributed by atoms with van der Waals surface area (Å²) in [5, 5.41) is 6.79. The summed E-state index contributed by atoms with van der Waals surface area (Å²) in [4.78, 5) is 18.2. The van der Waals surface area contributed by atoms with Crippen LogP contribution in [0, 0.1) is 5.41 Å². The zero-order valence-electron chi connectivity index (χ0n) is 17.5. The SMILES string of the molecule is CCNC(=NCc1ccc(C(=O)N(C)C)cc1)NC(C)CCC(C)(C)C. The van der Waals surface area contributed by atoms with E-state index >= 15 is 0 Å². The lowest BCUT2D eigenvalue weighted by atomic mass is 9.89. The van der Waals surface area contributed by atoms with Crippen molar-refractivity contribution in [1.29, 1.82) is 0 Å². The summed E-state index contributed by atoms with van der Waals surface area (Å²) in [5.74, 6) is 0.852. The molecule has 1 unspecified atom stereocenters. The summed E-state index contributed by atoms with van der Waals surface area (Å²) in [6, 6.07) is 8.02. The van der Waals surface area contributed by atoms with Crippen LogP contribution >= 0.6 is 0 Å². The monoisotopic (exact) mass is 360 g/mol. The first kappa shape index (κ1) is 22.0. The van der Waals surface area contributed by atoms with Gasteiger partial charge in [0.15, 0.2) is 5.96 Å². The van der Waals surface area contributed by atoms with E-state index in [1.165, 1.54) is 6.42 Å². The first-order valence-corrected chi connectivity index (χ1v) is 9.48. The zero-order valence-corrected chi connectivity index (χ0v) is 17.5. The van der Waals surface area contributed by atoms with Gasteiger partial charge in [-0.05, 0) is 49.8 Å². The molecule has 0 bridgehead atoms. The summed E-state index contributed by atoms with van der Waals surface area (Å²) >= 11 is 0. The largest absolute Gasteiger partial charge is 0.357 e. The lowest BCUT2D eigenvalue weighted by Gasteiger charge is -2.23. The Kier molecular flexibility index (Phi) is 8.62. The Morgan fingerprint density at radius 2 is 1.81 bits per heavy atom. The summed E-state index contributed by atoms with van der Waals surface area (Å²) < 4.78 is 0. The summed E-state index contributed by atoms with van der Waals surface area (Å²) in [5.41, 5.74) is 2.13. The molecule has 146 valence electrons. The van der Waals surface area contributed by atoms with Gasteiger partial charge in [0, 0.05) is 32.2 Å². The van der Waals surface area contributed by atoms with Crippen molar-refractivity contribution in [3.63, 3.8) is 0 Å². The van der Waals surface area contributed by atoms with Crippen LogP contribution in [0.15, 0.2) is 29.3 Å². The minimum Gasteiger partial charge on any atom is -0.357 e. The Balaban J connectivity index is 2.66. The van der Waals surface area contributed by atoms with Crippen LogP contribution in [0.5, 0.6) is 0 Å². The van der Waals surface area contributed by atoms with Crippen molar-refractivity contribution < 1.29 is 4.79 Å². The zero-order chi connectivity index (χ0) is 19.7. The summed E-state index contributed by atoms with van der Waals surface area (Å²) in [7, 11) is 3.52. The Labute approximate surface area is 159 Å². The van der Waals surface area contributed by atoms with Gasteiger partial charge in [-0.25, -0.2) is 4.99 Å². The summed E-state index contributed by atoms with van der Waals surface area (Å²) in [6.07, 6.45) is 2.27. The van der Waals surface area contributed by atoms with Gasteiger partial charge in [-0.15, -0.1) is 0 Å². The van der Waals surface area contributed by atoms with Crippen molar-refractivity contribution in [3.8, 4) is 0 Å². The molecule has 1 rings (SSSR count). The third kappa shape index (κ3) is 8.37. The topological polar surface area (TPSA) is 56.7 Å². The minimum atomic E-state index is 0.0164. The van der Waals surface area contributed by atoms with E-state index in [-0.39, 0.29) is 5.91 Å². The van der Waals surface area contributed by atoms with Crippen LogP contribution in [0.25, 0.3) is 0 Å². The fraction of sp³-hybridized carbons (Fsp3) is 0.619. The highest BCUT2D eigenvalue weighted by atomic mass is 16.2. The van der Waals surface area contributed by atoms with Gasteiger partial charge in [0.25, 0.3) is 5.91 Å². The van der Waals surface area contributed by atoms with Crippen LogP contribution in [0.4, 0.5) is 0 Å². The molecule has 0 spiro atoms. The van der Waals surface area contributed by atoms with Gasteiger partial charge in [-0.2, -0.15) is 0 Å². The van der Waals surface area contributed by atoms with E-state index in [1.807, 2.05) is 24.3 Å². The molecule has 0 saturated carbocycles. The number of amides is 1. The Bertz CT molecular complexity index is 585. The van der Waals surface area contributed by atoms with Crippen molar-refractivity contribution in [3.05, 3.63) is 35.4 Å². The maximum atomic E-state index is 11.9. The fourth-order valence-corrected chi connectivity index (χ4v) is 2.46. The van der Waals surface area contributed by atoms with E-state index in [0.717, 1.165) is 24.5 Å². The highest BCUT2D eigenvalue weighted by molar-refractivity contribution is 5.93. The number of rotatable bonds is 7. The van der Waals surface area contributed by atoms with Gasteiger partial charge >= 0.3 is 0 Å². The Morgan fingerprint density at radius 1 is 1.19 bits per heavy atom. The van der Waals surface area contributed by atoms with Crippen LogP contribution in [-0.4, -0.2) is 43.4 Å². The molecule has 26 heavy (non-hydrogen) atoms. The number of carbonyl (C=O) groups excluding carboxylic acids is 1. The minimum absolute atomic E-state index is 0.0164. The van der Waals surface area contributed by atoms with E-state index in [9.17, 15) is 4.79 Å². The van der Waals surface area contributed by atoms with Crippen LogP contribution in [0.3, 0.4) is 0 Å². The third-order valence-corrected chi connectivity index (χ3v) is 4.08. The van der Waals surface area contributed by atoms with E-state index < -0.39 is 0 Å². The number of nitrogens with one attached hydrogen (secondary N) is 2. The molecule has 0 aliphatic heterocycles. The van der Waals surface area contributed by atoms with Crippen molar-refractivity contribution in [2.45, 2.75) is 60.0 Å². The van der Waals surface area contributed by atoms with Gasteiger partial charge in [-0.3, -0.25) is 4.79 Å². The van der Waals surface area contributed by atoms with Gasteiger partial charge in [0.05, 0.1) is 6.54 Å². The number of nitrogens with zero attached hydrogens (tertiary/aromatic N) is 2. The molecule has 2 N–H and O–H groups in total. The average molecular weight is 361 g/mol. The van der Waals surface area contributed by atoms with Gasteiger partial charge < -0.3 is 15.5 Å². The van der Waals surface area contributed by atoms with Crippen molar-refractivity contribution in [2.75, 3.05) is 20.6 Å². The molecule has 0 aliphatic rings. The first-order chi connectivity index (χ1) is 12.1. The number of hydrogen-bond donors (Lipinski definition) is 2. The molecular weight excluding hydrogens is 324 g/mol. The molecular formula is C21H36N4O. The maximum Gasteiger partial charge on any atom is 0.253 e. The number of carbonyl (C=O) groups is 1. The number of aliphatic imine (C=N–C) groups is 1. The fourth-order valence-electron chi connectivity index (χ4n) is 2.46. The van der Waals surface area contributed by atoms with Crippen LogP contribution in [0.2, 0.25) is 0 Å². The molecule has 0 fully saturated rings. The second-order valence-corrected chi connectivity index (χ2v) is 8.24. The number of guanidine groups is 1. The lowest BCUT2D eigenvalue weighted by Crippen LogP contribution is -2.42. The first-order valence-electron chi connectivity index (χ1n) is 9.48. The highest BCUT2D eigenvalue weighted by Crippen LogP contribution is 2.21. The molecule has 1 aromatic rings. The second-order valence-electron chi connectivity index (χ2n) is 8.24. The predicted octanol–water partition coefficient (Wildman–Crippen LogP) is 3.66. The van der Waals surface area contributed by atoms with Gasteiger partial charge in [0.1, 0.15) is 0 Å². The normalized spacial score (nSPS) is 13.3. The molecule has 1 aromatic carbocycles. The van der Waals surface area contributed by atoms with E-state index in [0.29, 0.717) is 23.6 Å². The van der Waals surface area contributed by atoms with Crippen LogP contribution < -0.4 is 10.6 Å². The molecule has 0 radical (unpaired) electrons. The number of hydrogen-bond acceptors (Lipinski definition) is 2. The smallest absolute Gasteiger partial charge is 0.253 e. The molecule has 0 heterocycles. The molecule has 5 nitrogen and oxygen atoms in total. The summed E-state index contributed by atoms with van der Waals surface area (Å²) in [6.45, 7) is 12.5. The van der Waals surface area contributed by atoms with E-state index in [1.54, 1.807) is 19.0 Å². The van der Waals surface area contributed by atoms with Crippen molar-refractivity contribution >= 4 is 11.9 Å². The number of benzene rings is 1. The van der Waals surface area contributed by atoms with Gasteiger partial charge in [0.2, 0.25) is 0 Å². The highest BCUT2D eigenvalue weighted by Gasteiger charge is 2.13. The second kappa shape index (κ2) is 10.2. The third-order valence-electron chi connectivity index (χ3n) is 4.08. The molecule has 0 aliphatic carbocycles. The van der Waals surface area contributed by atoms with Crippen LogP contribution in [0.1, 0.15) is 63.4 Å². The lowest BCUT2D eigenvalue weighted by molar-refractivity contribution is 0.0827. The predicted molar refractivity (Wildman–Crippen MR) is 111 cm³/mol. The Hall–Kier alpha value is -2.04. The quantitative estimate of drug-likeness (QED) is 0.576. The molecule has 0 aromatic heterocycles. The molecule has 0 saturated heterocycles. The molecule has 1 atom stereocenters. The van der Waals surface area contributed by atoms with Crippen molar-refractivity contribution in [2.24, 2.45) is 10.4 Å². The molecule has 1 amide bonds. The van der Waals surface area contributed by atoms with Crippen LogP contribution in [-0.2, 0) is 6.54 Å². The van der Waals surface area contributed by atoms with Crippen molar-refractivity contribution in [1.82, 2.24) is 15.5 Å². The van der Waals surface area contributed by atoms with E-state index in [4.69, 9.17) is 0 Å². The standard InChI is InChI=1S/C21H36N4O/c1-8-22-20(24-16(2)13-14-21(3,4)5)23-15-17-9-11-18(12-10-17)19(26)25(6)7/h9-12,16H,8,13-15H2,1-7H3,(H2,22,23,24). The Morgan fingerprint density at radius 3 is 2.31 bits per heavy atom. The molecule has 5 heteroatoms. The maximum absolute atomic E-state index is 11.9. The average Bonchev–Trinajstić information content (AvgIpc) is 2.57. The van der Waals surface area contributed by atoms with E-state index in [2.05, 4.69) is 50.2 Å².